The molecule has 0 saturated heterocycles. The van der Waals surface area contributed by atoms with Crippen LogP contribution < -0.4 is 5.56 Å². The average Bonchev–Trinajstić information content (AvgIpc) is 2.52. The van der Waals surface area contributed by atoms with Crippen molar-refractivity contribution in [3.63, 3.8) is 0 Å². The highest BCUT2D eigenvalue weighted by Crippen LogP contribution is 2.21. The van der Waals surface area contributed by atoms with Crippen LogP contribution in [0.25, 0.3) is 10.9 Å². The molecular weight excluding hydrogens is 367 g/mol. The van der Waals surface area contributed by atoms with Crippen molar-refractivity contribution in [2.45, 2.75) is 11.4 Å². The molecule has 0 fully saturated rings. The molecule has 3 aromatic rings. The minimum atomic E-state index is -0.236. The summed E-state index contributed by atoms with van der Waals surface area (Å²) in [7, 11) is 0. The number of halogens is 2. The van der Waals surface area contributed by atoms with E-state index in [0.29, 0.717) is 28.1 Å². The minimum absolute atomic E-state index is 0.0829. The van der Waals surface area contributed by atoms with Crippen molar-refractivity contribution >= 4 is 38.6 Å². The Morgan fingerprint density at radius 1 is 1.23 bits per heavy atom. The number of aryl methyl sites for hydroxylation is 1. The molecule has 0 unspecified atom stereocenters. The lowest BCUT2D eigenvalue weighted by molar-refractivity contribution is 0.601. The van der Waals surface area contributed by atoms with E-state index in [1.54, 1.807) is 41.2 Å². The van der Waals surface area contributed by atoms with Crippen LogP contribution in [0.1, 0.15) is 0 Å². The lowest BCUT2D eigenvalue weighted by atomic mass is 10.2. The van der Waals surface area contributed by atoms with Gasteiger partial charge in [-0.15, -0.1) is 11.8 Å². The lowest BCUT2D eigenvalue weighted by Gasteiger charge is -2.07. The Hall–Kier alpha value is -1.66. The molecule has 6 heteroatoms. The minimum Gasteiger partial charge on any atom is -0.298 e. The third-order valence-corrected chi connectivity index (χ3v) is 4.73. The Kier molecular flexibility index (Phi) is 4.59. The first-order valence-corrected chi connectivity index (χ1v) is 8.45. The fourth-order valence-corrected chi connectivity index (χ4v) is 3.36. The van der Waals surface area contributed by atoms with Crippen LogP contribution in [0.2, 0.25) is 0 Å². The maximum Gasteiger partial charge on any atom is 0.261 e. The third kappa shape index (κ3) is 3.23. The average molecular weight is 379 g/mol. The summed E-state index contributed by atoms with van der Waals surface area (Å²) in [6.45, 7) is 0.479. The van der Waals surface area contributed by atoms with Crippen molar-refractivity contribution in [3.8, 4) is 0 Å². The van der Waals surface area contributed by atoms with Gasteiger partial charge in [0, 0.05) is 21.7 Å². The molecule has 0 radical (unpaired) electrons. The SMILES string of the molecule is O=c1c2cc(Br)ccc2ncn1CCSc1ccccc1F. The molecule has 22 heavy (non-hydrogen) atoms. The van der Waals surface area contributed by atoms with Gasteiger partial charge in [-0.1, -0.05) is 28.1 Å². The fourth-order valence-electron chi connectivity index (χ4n) is 2.11. The number of benzene rings is 2. The molecule has 112 valence electrons. The first-order valence-electron chi connectivity index (χ1n) is 6.67. The van der Waals surface area contributed by atoms with Crippen molar-refractivity contribution in [1.82, 2.24) is 9.55 Å². The predicted octanol–water partition coefficient (Wildman–Crippen LogP) is 4.09. The van der Waals surface area contributed by atoms with E-state index in [0.717, 1.165) is 4.47 Å². The molecule has 1 heterocycles. The van der Waals surface area contributed by atoms with Crippen molar-refractivity contribution < 1.29 is 4.39 Å². The molecule has 0 spiro atoms. The standard InChI is InChI=1S/C16H12BrFN2OS/c17-11-5-6-14-12(9-11)16(21)20(10-19-14)7-8-22-15-4-2-1-3-13(15)18/h1-6,9-10H,7-8H2. The van der Waals surface area contributed by atoms with Crippen LogP contribution in [-0.4, -0.2) is 15.3 Å². The number of nitrogens with zero attached hydrogens (tertiary/aromatic N) is 2. The molecule has 3 rings (SSSR count). The van der Waals surface area contributed by atoms with Crippen LogP contribution >= 0.6 is 27.7 Å². The van der Waals surface area contributed by atoms with Crippen LogP contribution in [0.5, 0.6) is 0 Å². The number of fused-ring (bicyclic) bond motifs is 1. The van der Waals surface area contributed by atoms with Crippen molar-refractivity contribution in [2.75, 3.05) is 5.75 Å². The topological polar surface area (TPSA) is 34.9 Å². The molecule has 0 atom stereocenters. The van der Waals surface area contributed by atoms with Gasteiger partial charge in [0.2, 0.25) is 0 Å². The molecule has 2 aromatic carbocycles. The second-order valence-electron chi connectivity index (χ2n) is 4.68. The van der Waals surface area contributed by atoms with Gasteiger partial charge in [-0.2, -0.15) is 0 Å². The monoisotopic (exact) mass is 378 g/mol. The Labute approximate surface area is 139 Å². The van der Waals surface area contributed by atoms with Crippen LogP contribution in [0.3, 0.4) is 0 Å². The van der Waals surface area contributed by atoms with E-state index in [1.807, 2.05) is 6.07 Å². The summed E-state index contributed by atoms with van der Waals surface area (Å²) < 4.78 is 15.9. The number of thioether (sulfide) groups is 1. The first kappa shape index (κ1) is 15.2. The normalized spacial score (nSPS) is 11.0. The summed E-state index contributed by atoms with van der Waals surface area (Å²) >= 11 is 4.75. The molecule has 0 aliphatic carbocycles. The van der Waals surface area contributed by atoms with E-state index in [9.17, 15) is 9.18 Å². The number of hydrogen-bond donors (Lipinski definition) is 0. The Morgan fingerprint density at radius 3 is 2.86 bits per heavy atom. The van der Waals surface area contributed by atoms with Gasteiger partial charge in [-0.3, -0.25) is 9.36 Å². The second kappa shape index (κ2) is 6.62. The zero-order chi connectivity index (χ0) is 15.5. The van der Waals surface area contributed by atoms with Crippen LogP contribution in [0, 0.1) is 5.82 Å². The smallest absolute Gasteiger partial charge is 0.261 e. The summed E-state index contributed by atoms with van der Waals surface area (Å²) in [5, 5.41) is 0.577. The summed E-state index contributed by atoms with van der Waals surface area (Å²) in [5.41, 5.74) is 0.589. The highest BCUT2D eigenvalue weighted by molar-refractivity contribution is 9.10. The summed E-state index contributed by atoms with van der Waals surface area (Å²) in [6.07, 6.45) is 1.54. The van der Waals surface area contributed by atoms with Gasteiger partial charge in [0.25, 0.3) is 5.56 Å². The largest absolute Gasteiger partial charge is 0.298 e. The maximum atomic E-state index is 13.5. The number of rotatable bonds is 4. The van der Waals surface area contributed by atoms with E-state index in [2.05, 4.69) is 20.9 Å². The summed E-state index contributed by atoms with van der Waals surface area (Å²) in [5.74, 6) is 0.364. The van der Waals surface area contributed by atoms with Gasteiger partial charge in [0.05, 0.1) is 17.2 Å². The third-order valence-electron chi connectivity index (χ3n) is 3.21. The van der Waals surface area contributed by atoms with Gasteiger partial charge in [0.1, 0.15) is 5.82 Å². The summed E-state index contributed by atoms with van der Waals surface area (Å²) in [4.78, 5) is 17.3. The maximum absolute atomic E-state index is 13.5. The lowest BCUT2D eigenvalue weighted by Crippen LogP contribution is -2.21. The predicted molar refractivity (Wildman–Crippen MR) is 90.8 cm³/mol. The Bertz CT molecular complexity index is 881. The Morgan fingerprint density at radius 2 is 2.05 bits per heavy atom. The second-order valence-corrected chi connectivity index (χ2v) is 6.74. The van der Waals surface area contributed by atoms with E-state index in [1.165, 1.54) is 17.8 Å². The zero-order valence-electron chi connectivity index (χ0n) is 11.5. The Balaban J connectivity index is 1.78. The van der Waals surface area contributed by atoms with Gasteiger partial charge in [-0.05, 0) is 30.3 Å². The van der Waals surface area contributed by atoms with Crippen molar-refractivity contribution in [2.24, 2.45) is 0 Å². The van der Waals surface area contributed by atoms with Crippen LogP contribution in [0.15, 0.2) is 63.0 Å². The highest BCUT2D eigenvalue weighted by atomic mass is 79.9. The van der Waals surface area contributed by atoms with Crippen molar-refractivity contribution in [1.29, 1.82) is 0 Å². The molecule has 0 bridgehead atoms. The quantitative estimate of drug-likeness (QED) is 0.641. The van der Waals surface area contributed by atoms with E-state index in [-0.39, 0.29) is 11.4 Å². The molecular formula is C16H12BrFN2OS. The molecule has 0 N–H and O–H groups in total. The first-order chi connectivity index (χ1) is 10.6. The molecule has 1 aromatic heterocycles. The molecule has 0 aliphatic heterocycles. The summed E-state index contributed by atoms with van der Waals surface area (Å²) in [6, 6.07) is 12.1. The highest BCUT2D eigenvalue weighted by Gasteiger charge is 2.06. The van der Waals surface area contributed by atoms with E-state index >= 15 is 0 Å². The van der Waals surface area contributed by atoms with Gasteiger partial charge >= 0.3 is 0 Å². The number of hydrogen-bond acceptors (Lipinski definition) is 3. The molecule has 0 saturated carbocycles. The van der Waals surface area contributed by atoms with E-state index < -0.39 is 0 Å². The van der Waals surface area contributed by atoms with Gasteiger partial charge in [0.15, 0.2) is 0 Å². The zero-order valence-corrected chi connectivity index (χ0v) is 13.9. The van der Waals surface area contributed by atoms with Gasteiger partial charge in [-0.25, -0.2) is 9.37 Å². The van der Waals surface area contributed by atoms with Crippen LogP contribution in [-0.2, 0) is 6.54 Å². The van der Waals surface area contributed by atoms with Crippen LogP contribution in [0.4, 0.5) is 4.39 Å². The molecule has 3 nitrogen and oxygen atoms in total. The van der Waals surface area contributed by atoms with E-state index in [4.69, 9.17) is 0 Å². The molecule has 0 amide bonds. The number of aromatic nitrogens is 2. The fraction of sp³-hybridized carbons (Fsp3) is 0.125. The van der Waals surface area contributed by atoms with Crippen molar-refractivity contribution in [3.05, 3.63) is 69.4 Å². The molecule has 0 aliphatic rings. The van der Waals surface area contributed by atoms with Gasteiger partial charge < -0.3 is 0 Å².